The molecule has 1 atom stereocenters. The summed E-state index contributed by atoms with van der Waals surface area (Å²) in [7, 11) is 0. The summed E-state index contributed by atoms with van der Waals surface area (Å²) in [5, 5.41) is 3.60. The number of benzene rings is 1. The zero-order valence-corrected chi connectivity index (χ0v) is 12.3. The lowest BCUT2D eigenvalue weighted by Crippen LogP contribution is -2.50. The third-order valence-electron chi connectivity index (χ3n) is 3.47. The zero-order valence-electron chi connectivity index (χ0n) is 10.7. The summed E-state index contributed by atoms with van der Waals surface area (Å²) in [6.07, 6.45) is 2.52. The molecule has 2 nitrogen and oxygen atoms in total. The SMILES string of the molecule is CCCC1CN(c2cccc(Br)c2C)CCN1. The van der Waals surface area contributed by atoms with Crippen LogP contribution in [0.3, 0.4) is 0 Å². The fraction of sp³-hybridized carbons (Fsp3) is 0.571. The highest BCUT2D eigenvalue weighted by Crippen LogP contribution is 2.27. The molecular formula is C14H21BrN2. The van der Waals surface area contributed by atoms with Crippen molar-refractivity contribution in [2.45, 2.75) is 32.7 Å². The largest absolute Gasteiger partial charge is 0.368 e. The minimum Gasteiger partial charge on any atom is -0.368 e. The molecule has 0 aromatic heterocycles. The number of piperazine rings is 1. The lowest BCUT2D eigenvalue weighted by atomic mass is 10.1. The first-order valence-corrected chi connectivity index (χ1v) is 7.25. The van der Waals surface area contributed by atoms with Crippen molar-refractivity contribution in [2.75, 3.05) is 24.5 Å². The Balaban J connectivity index is 2.13. The maximum atomic E-state index is 3.62. The summed E-state index contributed by atoms with van der Waals surface area (Å²) >= 11 is 3.62. The molecule has 1 aromatic rings. The molecule has 1 heterocycles. The van der Waals surface area contributed by atoms with E-state index in [1.54, 1.807) is 0 Å². The van der Waals surface area contributed by atoms with E-state index in [1.165, 1.54) is 28.6 Å². The standard InChI is InChI=1S/C14H21BrN2/c1-3-5-12-10-17(9-8-16-12)14-7-4-6-13(15)11(14)2/h4,6-7,12,16H,3,5,8-10H2,1-2H3. The quantitative estimate of drug-likeness (QED) is 0.920. The van der Waals surface area contributed by atoms with E-state index in [0.717, 1.165) is 19.6 Å². The van der Waals surface area contributed by atoms with Crippen molar-refractivity contribution in [3.8, 4) is 0 Å². The first-order valence-electron chi connectivity index (χ1n) is 6.45. The molecule has 0 spiro atoms. The minimum absolute atomic E-state index is 0.645. The highest BCUT2D eigenvalue weighted by molar-refractivity contribution is 9.10. The van der Waals surface area contributed by atoms with E-state index < -0.39 is 0 Å². The lowest BCUT2D eigenvalue weighted by molar-refractivity contribution is 0.430. The predicted molar refractivity (Wildman–Crippen MR) is 77.8 cm³/mol. The molecule has 3 heteroatoms. The van der Waals surface area contributed by atoms with Gasteiger partial charge in [0.2, 0.25) is 0 Å². The summed E-state index contributed by atoms with van der Waals surface area (Å²) in [6.45, 7) is 7.78. The Hall–Kier alpha value is -0.540. The average molecular weight is 297 g/mol. The predicted octanol–water partition coefficient (Wildman–Crippen LogP) is 3.34. The van der Waals surface area contributed by atoms with E-state index in [9.17, 15) is 0 Å². The second-order valence-electron chi connectivity index (χ2n) is 4.77. The molecule has 1 aliphatic rings. The summed E-state index contributed by atoms with van der Waals surface area (Å²) in [5.74, 6) is 0. The van der Waals surface area contributed by atoms with E-state index in [1.807, 2.05) is 0 Å². The fourth-order valence-corrected chi connectivity index (χ4v) is 2.88. The van der Waals surface area contributed by atoms with Crippen molar-refractivity contribution in [1.82, 2.24) is 5.32 Å². The summed E-state index contributed by atoms with van der Waals surface area (Å²) < 4.78 is 1.21. The van der Waals surface area contributed by atoms with Gasteiger partial charge in [-0.05, 0) is 31.0 Å². The van der Waals surface area contributed by atoms with Crippen molar-refractivity contribution in [1.29, 1.82) is 0 Å². The van der Waals surface area contributed by atoms with Gasteiger partial charge in [0.15, 0.2) is 0 Å². The van der Waals surface area contributed by atoms with Crippen LogP contribution in [0.15, 0.2) is 22.7 Å². The fourth-order valence-electron chi connectivity index (χ4n) is 2.52. The molecule has 0 saturated carbocycles. The second-order valence-corrected chi connectivity index (χ2v) is 5.62. The first-order chi connectivity index (χ1) is 8.22. The van der Waals surface area contributed by atoms with Crippen LogP contribution in [0, 0.1) is 6.92 Å². The Morgan fingerprint density at radius 3 is 3.06 bits per heavy atom. The number of hydrogen-bond donors (Lipinski definition) is 1. The van der Waals surface area contributed by atoms with Crippen molar-refractivity contribution in [2.24, 2.45) is 0 Å². The van der Waals surface area contributed by atoms with Gasteiger partial charge in [0.25, 0.3) is 0 Å². The van der Waals surface area contributed by atoms with Gasteiger partial charge in [0.05, 0.1) is 0 Å². The molecule has 0 bridgehead atoms. The number of nitrogens with zero attached hydrogens (tertiary/aromatic N) is 1. The van der Waals surface area contributed by atoms with Crippen LogP contribution in [-0.2, 0) is 0 Å². The van der Waals surface area contributed by atoms with Crippen molar-refractivity contribution < 1.29 is 0 Å². The van der Waals surface area contributed by atoms with Gasteiger partial charge in [-0.25, -0.2) is 0 Å². The van der Waals surface area contributed by atoms with Crippen molar-refractivity contribution in [3.05, 3.63) is 28.2 Å². The van der Waals surface area contributed by atoms with Crippen LogP contribution < -0.4 is 10.2 Å². The number of anilines is 1. The summed E-state index contributed by atoms with van der Waals surface area (Å²) in [5.41, 5.74) is 2.73. The second kappa shape index (κ2) is 5.87. The number of halogens is 1. The molecular weight excluding hydrogens is 276 g/mol. The topological polar surface area (TPSA) is 15.3 Å². The van der Waals surface area contributed by atoms with Crippen LogP contribution in [0.1, 0.15) is 25.3 Å². The molecule has 1 fully saturated rings. The third kappa shape index (κ3) is 3.02. The maximum Gasteiger partial charge on any atom is 0.0408 e. The Labute approximate surface area is 113 Å². The van der Waals surface area contributed by atoms with E-state index >= 15 is 0 Å². The van der Waals surface area contributed by atoms with Crippen LogP contribution in [0.4, 0.5) is 5.69 Å². The van der Waals surface area contributed by atoms with Gasteiger partial charge in [-0.3, -0.25) is 0 Å². The van der Waals surface area contributed by atoms with E-state index in [4.69, 9.17) is 0 Å². The maximum absolute atomic E-state index is 3.62. The first kappa shape index (κ1) is 12.9. The molecule has 17 heavy (non-hydrogen) atoms. The van der Waals surface area contributed by atoms with Crippen LogP contribution in [0.5, 0.6) is 0 Å². The third-order valence-corrected chi connectivity index (χ3v) is 4.33. The molecule has 0 radical (unpaired) electrons. The van der Waals surface area contributed by atoms with Crippen molar-refractivity contribution in [3.63, 3.8) is 0 Å². The van der Waals surface area contributed by atoms with Gasteiger partial charge in [0, 0.05) is 35.8 Å². The Bertz CT molecular complexity index is 376. The van der Waals surface area contributed by atoms with Gasteiger partial charge < -0.3 is 10.2 Å². The molecule has 94 valence electrons. The molecule has 0 aliphatic carbocycles. The molecule has 1 unspecified atom stereocenters. The van der Waals surface area contributed by atoms with Gasteiger partial charge in [0.1, 0.15) is 0 Å². The molecule has 1 aromatic carbocycles. The smallest absolute Gasteiger partial charge is 0.0408 e. The van der Waals surface area contributed by atoms with Crippen LogP contribution >= 0.6 is 15.9 Å². The van der Waals surface area contributed by atoms with Gasteiger partial charge in [-0.15, -0.1) is 0 Å². The Morgan fingerprint density at radius 2 is 2.29 bits per heavy atom. The monoisotopic (exact) mass is 296 g/mol. The molecule has 2 rings (SSSR count). The average Bonchev–Trinajstić information content (AvgIpc) is 2.33. The Morgan fingerprint density at radius 1 is 1.47 bits per heavy atom. The number of rotatable bonds is 3. The summed E-state index contributed by atoms with van der Waals surface area (Å²) in [4.78, 5) is 2.51. The highest BCUT2D eigenvalue weighted by atomic mass is 79.9. The zero-order chi connectivity index (χ0) is 12.3. The van der Waals surface area contributed by atoms with E-state index in [0.29, 0.717) is 6.04 Å². The van der Waals surface area contributed by atoms with Crippen LogP contribution in [0.2, 0.25) is 0 Å². The molecule has 1 N–H and O–H groups in total. The number of nitrogens with one attached hydrogen (secondary N) is 1. The molecule has 0 amide bonds. The normalized spacial score (nSPS) is 20.6. The highest BCUT2D eigenvalue weighted by Gasteiger charge is 2.20. The molecule has 1 aliphatic heterocycles. The lowest BCUT2D eigenvalue weighted by Gasteiger charge is -2.36. The number of hydrogen-bond acceptors (Lipinski definition) is 2. The van der Waals surface area contributed by atoms with Gasteiger partial charge >= 0.3 is 0 Å². The van der Waals surface area contributed by atoms with Gasteiger partial charge in [-0.1, -0.05) is 35.3 Å². The minimum atomic E-state index is 0.645. The van der Waals surface area contributed by atoms with Crippen molar-refractivity contribution >= 4 is 21.6 Å². The Kier molecular flexibility index (Phi) is 4.46. The summed E-state index contributed by atoms with van der Waals surface area (Å²) in [6, 6.07) is 7.12. The molecule has 1 saturated heterocycles. The van der Waals surface area contributed by atoms with E-state index in [-0.39, 0.29) is 0 Å². The van der Waals surface area contributed by atoms with Gasteiger partial charge in [-0.2, -0.15) is 0 Å². The van der Waals surface area contributed by atoms with Crippen LogP contribution in [0.25, 0.3) is 0 Å². The van der Waals surface area contributed by atoms with E-state index in [2.05, 4.69) is 58.2 Å². The van der Waals surface area contributed by atoms with Crippen LogP contribution in [-0.4, -0.2) is 25.7 Å².